The highest BCUT2D eigenvalue weighted by Gasteiger charge is 2.61. The van der Waals surface area contributed by atoms with Gasteiger partial charge in [-0.3, -0.25) is 4.79 Å². The second-order valence-electron chi connectivity index (χ2n) is 4.76. The summed E-state index contributed by atoms with van der Waals surface area (Å²) in [7, 11) is 0. The Balaban J connectivity index is 2.28. The molecule has 0 radical (unpaired) electrons. The first kappa shape index (κ1) is 13.9. The molecule has 0 aliphatic heterocycles. The minimum absolute atomic E-state index is 0.0863. The standard InChI is InChI=1S/C15H18N2OS/c1-3-7-17(8-4-2)14(18)15(10-12(15)11-16)13-6-5-9-19-13/h1,4-6,9,12H,2,7-8,10-11,16H2/t12-,15-/m0/s1. The quantitative estimate of drug-likeness (QED) is 0.633. The Hall–Kier alpha value is -1.57. The Bertz CT molecular complexity index is 503. The first-order valence-electron chi connectivity index (χ1n) is 6.28. The van der Waals surface area contributed by atoms with E-state index in [1.54, 1.807) is 22.3 Å². The van der Waals surface area contributed by atoms with Crippen LogP contribution in [0.3, 0.4) is 0 Å². The van der Waals surface area contributed by atoms with Crippen molar-refractivity contribution >= 4 is 17.2 Å². The molecule has 4 heteroatoms. The average Bonchev–Trinajstić information content (AvgIpc) is 2.90. The zero-order chi connectivity index (χ0) is 13.9. The summed E-state index contributed by atoms with van der Waals surface area (Å²) in [5.41, 5.74) is 5.33. The Morgan fingerprint density at radius 2 is 2.58 bits per heavy atom. The van der Waals surface area contributed by atoms with E-state index in [2.05, 4.69) is 12.5 Å². The van der Waals surface area contributed by atoms with E-state index in [9.17, 15) is 4.79 Å². The van der Waals surface area contributed by atoms with Gasteiger partial charge < -0.3 is 10.6 Å². The van der Waals surface area contributed by atoms with Crippen LogP contribution in [0.2, 0.25) is 0 Å². The van der Waals surface area contributed by atoms with Gasteiger partial charge in [-0.15, -0.1) is 24.3 Å². The fourth-order valence-electron chi connectivity index (χ4n) is 2.58. The molecule has 1 saturated carbocycles. The molecule has 0 bridgehead atoms. The molecule has 1 aliphatic carbocycles. The molecular weight excluding hydrogens is 256 g/mol. The van der Waals surface area contributed by atoms with Crippen LogP contribution >= 0.6 is 11.3 Å². The summed E-state index contributed by atoms with van der Waals surface area (Å²) < 4.78 is 0. The first-order chi connectivity index (χ1) is 9.20. The normalized spacial score (nSPS) is 24.5. The molecule has 0 spiro atoms. The van der Waals surface area contributed by atoms with Crippen molar-refractivity contribution < 1.29 is 4.79 Å². The van der Waals surface area contributed by atoms with E-state index in [0.717, 1.165) is 11.3 Å². The summed E-state index contributed by atoms with van der Waals surface area (Å²) in [6.45, 7) is 5.01. The van der Waals surface area contributed by atoms with Gasteiger partial charge in [0.15, 0.2) is 0 Å². The topological polar surface area (TPSA) is 46.3 Å². The van der Waals surface area contributed by atoms with Gasteiger partial charge in [-0.25, -0.2) is 0 Å². The van der Waals surface area contributed by atoms with E-state index in [0.29, 0.717) is 19.6 Å². The van der Waals surface area contributed by atoms with E-state index < -0.39 is 5.41 Å². The van der Waals surface area contributed by atoms with Crippen LogP contribution in [-0.2, 0) is 10.2 Å². The molecule has 2 N–H and O–H groups in total. The third-order valence-electron chi connectivity index (χ3n) is 3.65. The van der Waals surface area contributed by atoms with Crippen molar-refractivity contribution in [3.8, 4) is 12.3 Å². The maximum absolute atomic E-state index is 12.8. The van der Waals surface area contributed by atoms with Gasteiger partial charge in [-0.05, 0) is 30.3 Å². The molecule has 19 heavy (non-hydrogen) atoms. The smallest absolute Gasteiger partial charge is 0.235 e. The largest absolute Gasteiger partial charge is 0.330 e. The maximum atomic E-state index is 12.8. The Labute approximate surface area is 118 Å². The van der Waals surface area contributed by atoms with Gasteiger partial charge in [-0.2, -0.15) is 0 Å². The molecule has 2 rings (SSSR count). The predicted octanol–water partition coefficient (Wildman–Crippen LogP) is 1.61. The molecule has 1 fully saturated rings. The number of terminal acetylenes is 1. The third kappa shape index (κ3) is 2.32. The summed E-state index contributed by atoms with van der Waals surface area (Å²) in [6.07, 6.45) is 7.87. The summed E-state index contributed by atoms with van der Waals surface area (Å²) in [5, 5.41) is 2.00. The van der Waals surface area contributed by atoms with Crippen LogP contribution in [-0.4, -0.2) is 30.4 Å². The number of carbonyl (C=O) groups is 1. The number of rotatable bonds is 6. The van der Waals surface area contributed by atoms with Gasteiger partial charge in [-0.1, -0.05) is 18.1 Å². The number of thiophene rings is 1. The molecule has 1 aromatic heterocycles. The van der Waals surface area contributed by atoms with Crippen molar-refractivity contribution in [2.75, 3.05) is 19.6 Å². The van der Waals surface area contributed by atoms with Crippen LogP contribution in [0.15, 0.2) is 30.2 Å². The Morgan fingerprint density at radius 1 is 1.79 bits per heavy atom. The second-order valence-corrected chi connectivity index (χ2v) is 5.71. The second kappa shape index (κ2) is 5.60. The van der Waals surface area contributed by atoms with Gasteiger partial charge in [0.2, 0.25) is 5.91 Å². The first-order valence-corrected chi connectivity index (χ1v) is 7.16. The monoisotopic (exact) mass is 274 g/mol. The highest BCUT2D eigenvalue weighted by Crippen LogP contribution is 2.56. The Kier molecular flexibility index (Phi) is 4.08. The number of amides is 1. The summed E-state index contributed by atoms with van der Waals surface area (Å²) in [4.78, 5) is 15.6. The molecule has 0 aromatic carbocycles. The third-order valence-corrected chi connectivity index (χ3v) is 4.70. The zero-order valence-corrected chi connectivity index (χ0v) is 11.7. The van der Waals surface area contributed by atoms with Crippen molar-refractivity contribution in [1.82, 2.24) is 4.90 Å². The van der Waals surface area contributed by atoms with Crippen molar-refractivity contribution in [1.29, 1.82) is 0 Å². The number of hydrogen-bond acceptors (Lipinski definition) is 3. The predicted molar refractivity (Wildman–Crippen MR) is 78.8 cm³/mol. The van der Waals surface area contributed by atoms with E-state index >= 15 is 0 Å². The highest BCUT2D eigenvalue weighted by atomic mass is 32.1. The fourth-order valence-corrected chi connectivity index (χ4v) is 3.59. The fraction of sp³-hybridized carbons (Fsp3) is 0.400. The van der Waals surface area contributed by atoms with Crippen LogP contribution in [0.5, 0.6) is 0 Å². The van der Waals surface area contributed by atoms with E-state index in [4.69, 9.17) is 12.2 Å². The molecule has 2 atom stereocenters. The van der Waals surface area contributed by atoms with Crippen molar-refractivity contribution in [3.63, 3.8) is 0 Å². The minimum Gasteiger partial charge on any atom is -0.330 e. The summed E-state index contributed by atoms with van der Waals surface area (Å²) >= 11 is 1.61. The Morgan fingerprint density at radius 3 is 3.05 bits per heavy atom. The van der Waals surface area contributed by atoms with Gasteiger partial charge >= 0.3 is 0 Å². The number of carbonyl (C=O) groups excluding carboxylic acids is 1. The highest BCUT2D eigenvalue weighted by molar-refractivity contribution is 7.10. The molecule has 0 saturated heterocycles. The van der Waals surface area contributed by atoms with Gasteiger partial charge in [0.05, 0.1) is 12.0 Å². The lowest BCUT2D eigenvalue weighted by atomic mass is 9.99. The van der Waals surface area contributed by atoms with Crippen LogP contribution in [0, 0.1) is 18.3 Å². The van der Waals surface area contributed by atoms with Crippen LogP contribution in [0.4, 0.5) is 0 Å². The van der Waals surface area contributed by atoms with Crippen LogP contribution < -0.4 is 5.73 Å². The summed E-state index contributed by atoms with van der Waals surface area (Å²) in [6, 6.07) is 3.99. The van der Waals surface area contributed by atoms with Crippen LogP contribution in [0.25, 0.3) is 0 Å². The van der Waals surface area contributed by atoms with Gasteiger partial charge in [0.25, 0.3) is 0 Å². The lowest BCUT2D eigenvalue weighted by Crippen LogP contribution is -2.41. The molecule has 100 valence electrons. The lowest BCUT2D eigenvalue weighted by Gasteiger charge is -2.25. The number of hydrogen-bond donors (Lipinski definition) is 1. The molecule has 0 unspecified atom stereocenters. The minimum atomic E-state index is -0.442. The van der Waals surface area contributed by atoms with Gasteiger partial charge in [0.1, 0.15) is 0 Å². The number of nitrogens with two attached hydrogens (primary N) is 1. The maximum Gasteiger partial charge on any atom is 0.235 e. The number of nitrogens with zero attached hydrogens (tertiary/aromatic N) is 1. The van der Waals surface area contributed by atoms with E-state index in [1.165, 1.54) is 0 Å². The molecule has 1 aliphatic rings. The van der Waals surface area contributed by atoms with E-state index in [1.807, 2.05) is 17.5 Å². The van der Waals surface area contributed by atoms with Crippen LogP contribution in [0.1, 0.15) is 11.3 Å². The molecule has 1 amide bonds. The van der Waals surface area contributed by atoms with Gasteiger partial charge in [0, 0.05) is 11.4 Å². The average molecular weight is 274 g/mol. The van der Waals surface area contributed by atoms with Crippen molar-refractivity contribution in [2.24, 2.45) is 11.7 Å². The molecule has 3 nitrogen and oxygen atoms in total. The summed E-state index contributed by atoms with van der Waals surface area (Å²) in [5.74, 6) is 2.85. The van der Waals surface area contributed by atoms with Crippen molar-refractivity contribution in [3.05, 3.63) is 35.0 Å². The SMILES string of the molecule is C#CCN(CC=C)C(=O)[C@@]1(c2cccs2)C[C@H]1CN. The molecule has 1 aromatic rings. The molecular formula is C15H18N2OS. The van der Waals surface area contributed by atoms with Crippen molar-refractivity contribution in [2.45, 2.75) is 11.8 Å². The molecule has 1 heterocycles. The van der Waals surface area contributed by atoms with E-state index in [-0.39, 0.29) is 11.8 Å². The zero-order valence-electron chi connectivity index (χ0n) is 10.8. The lowest BCUT2D eigenvalue weighted by molar-refractivity contribution is -0.133.